The van der Waals surface area contributed by atoms with E-state index in [0.29, 0.717) is 0 Å². The first-order valence-electron chi connectivity index (χ1n) is 8.21. The van der Waals surface area contributed by atoms with Crippen LogP contribution in [0.5, 0.6) is 0 Å². The van der Waals surface area contributed by atoms with Crippen LogP contribution in [0.15, 0.2) is 24.3 Å². The second-order valence-electron chi connectivity index (χ2n) is 6.00. The molecule has 1 aliphatic rings. The Morgan fingerprint density at radius 3 is 2.81 bits per heavy atom. The van der Waals surface area contributed by atoms with E-state index in [9.17, 15) is 4.79 Å². The van der Waals surface area contributed by atoms with E-state index in [-0.39, 0.29) is 18.1 Å². The Morgan fingerprint density at radius 2 is 2.05 bits per heavy atom. The summed E-state index contributed by atoms with van der Waals surface area (Å²) in [6.07, 6.45) is 6.60. The maximum absolute atomic E-state index is 12.2. The number of hydrogen-bond donors (Lipinski definition) is 1. The molecule has 1 N–H and O–H groups in total. The van der Waals surface area contributed by atoms with Gasteiger partial charge in [-0.2, -0.15) is 0 Å². The second kappa shape index (κ2) is 8.18. The lowest BCUT2D eigenvalue weighted by atomic mass is 9.96. The van der Waals surface area contributed by atoms with Crippen LogP contribution in [0.25, 0.3) is 0 Å². The van der Waals surface area contributed by atoms with Crippen molar-refractivity contribution in [1.29, 1.82) is 0 Å². The smallest absolute Gasteiger partial charge is 0.323 e. The number of hydrogen-bond acceptors (Lipinski definition) is 3. The Labute approximate surface area is 128 Å². The molecule has 1 aromatic rings. The van der Waals surface area contributed by atoms with Crippen LogP contribution in [0.1, 0.15) is 57.1 Å². The summed E-state index contributed by atoms with van der Waals surface area (Å²) in [7, 11) is 0. The van der Waals surface area contributed by atoms with Crippen molar-refractivity contribution in [2.24, 2.45) is 0 Å². The van der Waals surface area contributed by atoms with E-state index in [0.717, 1.165) is 25.8 Å². The second-order valence-corrected chi connectivity index (χ2v) is 6.00. The van der Waals surface area contributed by atoms with Crippen molar-refractivity contribution in [2.75, 3.05) is 0 Å². The predicted molar refractivity (Wildman–Crippen MR) is 85.1 cm³/mol. The van der Waals surface area contributed by atoms with E-state index >= 15 is 0 Å². The lowest BCUT2D eigenvalue weighted by Crippen LogP contribution is -2.43. The molecular formula is C18H27NO2. The molecule has 0 saturated heterocycles. The quantitative estimate of drug-likeness (QED) is 0.615. The zero-order chi connectivity index (χ0) is 15.1. The highest BCUT2D eigenvalue weighted by atomic mass is 16.5. The highest BCUT2D eigenvalue weighted by Gasteiger charge is 2.26. The normalized spacial score (nSPS) is 18.9. The first-order chi connectivity index (χ1) is 10.2. The fourth-order valence-corrected chi connectivity index (χ4v) is 2.82. The summed E-state index contributed by atoms with van der Waals surface area (Å²) in [4.78, 5) is 12.2. The summed E-state index contributed by atoms with van der Waals surface area (Å²) in [6, 6.07) is 8.09. The fraction of sp³-hybridized carbons (Fsp3) is 0.611. The number of fused-ring (bicyclic) bond motifs is 1. The largest absolute Gasteiger partial charge is 0.462 e. The standard InChI is InChI=1S/C18H27NO2/c1-3-4-5-6-9-14(2)21-18(20)17-12-15-10-7-8-11-16(15)13-19-17/h7-8,10-11,14,17,19H,3-6,9,12-13H2,1-2H3/t14?,17-/m0/s1. The van der Waals surface area contributed by atoms with Gasteiger partial charge in [0.25, 0.3) is 0 Å². The molecular weight excluding hydrogens is 262 g/mol. The van der Waals surface area contributed by atoms with Crippen molar-refractivity contribution in [3.63, 3.8) is 0 Å². The molecule has 0 aliphatic carbocycles. The molecule has 0 amide bonds. The van der Waals surface area contributed by atoms with Crippen LogP contribution in [-0.4, -0.2) is 18.1 Å². The molecule has 1 heterocycles. The topological polar surface area (TPSA) is 38.3 Å². The van der Waals surface area contributed by atoms with Crippen LogP contribution in [0, 0.1) is 0 Å². The summed E-state index contributed by atoms with van der Waals surface area (Å²) in [5, 5.41) is 3.28. The van der Waals surface area contributed by atoms with E-state index in [1.54, 1.807) is 0 Å². The van der Waals surface area contributed by atoms with Gasteiger partial charge >= 0.3 is 5.97 Å². The zero-order valence-corrected chi connectivity index (χ0v) is 13.2. The van der Waals surface area contributed by atoms with E-state index in [1.807, 2.05) is 19.1 Å². The Balaban J connectivity index is 1.76. The third-order valence-corrected chi connectivity index (χ3v) is 4.15. The van der Waals surface area contributed by atoms with Crippen molar-refractivity contribution >= 4 is 5.97 Å². The van der Waals surface area contributed by atoms with E-state index in [4.69, 9.17) is 4.74 Å². The summed E-state index contributed by atoms with van der Waals surface area (Å²) in [5.41, 5.74) is 2.54. The first kappa shape index (κ1) is 16.0. The highest BCUT2D eigenvalue weighted by molar-refractivity contribution is 5.76. The van der Waals surface area contributed by atoms with E-state index in [2.05, 4.69) is 24.4 Å². The number of ether oxygens (including phenoxy) is 1. The fourth-order valence-electron chi connectivity index (χ4n) is 2.82. The molecule has 1 aromatic carbocycles. The van der Waals surface area contributed by atoms with Gasteiger partial charge in [0.2, 0.25) is 0 Å². The average Bonchev–Trinajstić information content (AvgIpc) is 2.51. The molecule has 0 spiro atoms. The Morgan fingerprint density at radius 1 is 1.29 bits per heavy atom. The number of benzene rings is 1. The number of rotatable bonds is 7. The monoisotopic (exact) mass is 289 g/mol. The molecule has 0 fully saturated rings. The number of carbonyl (C=O) groups is 1. The maximum Gasteiger partial charge on any atom is 0.323 e. The van der Waals surface area contributed by atoms with Gasteiger partial charge in [0.15, 0.2) is 0 Å². The van der Waals surface area contributed by atoms with Crippen LogP contribution in [0.2, 0.25) is 0 Å². The lowest BCUT2D eigenvalue weighted by Gasteiger charge is -2.26. The summed E-state index contributed by atoms with van der Waals surface area (Å²) >= 11 is 0. The van der Waals surface area contributed by atoms with Crippen LogP contribution in [0.3, 0.4) is 0 Å². The van der Waals surface area contributed by atoms with Gasteiger partial charge < -0.3 is 10.1 Å². The number of nitrogens with one attached hydrogen (secondary N) is 1. The number of esters is 1. The van der Waals surface area contributed by atoms with Crippen LogP contribution < -0.4 is 5.32 Å². The van der Waals surface area contributed by atoms with Gasteiger partial charge in [-0.15, -0.1) is 0 Å². The Hall–Kier alpha value is -1.35. The molecule has 116 valence electrons. The summed E-state index contributed by atoms with van der Waals surface area (Å²) in [6.45, 7) is 4.96. The van der Waals surface area contributed by atoms with Gasteiger partial charge in [0.1, 0.15) is 6.04 Å². The molecule has 0 aromatic heterocycles. The van der Waals surface area contributed by atoms with E-state index in [1.165, 1.54) is 30.4 Å². The average molecular weight is 289 g/mol. The molecule has 0 bridgehead atoms. The maximum atomic E-state index is 12.2. The number of carbonyl (C=O) groups excluding carboxylic acids is 1. The van der Waals surface area contributed by atoms with Crippen molar-refractivity contribution < 1.29 is 9.53 Å². The molecule has 3 nitrogen and oxygen atoms in total. The van der Waals surface area contributed by atoms with Gasteiger partial charge in [-0.05, 0) is 37.3 Å². The molecule has 2 rings (SSSR count). The summed E-state index contributed by atoms with van der Waals surface area (Å²) in [5.74, 6) is -0.104. The Bertz CT molecular complexity index is 458. The van der Waals surface area contributed by atoms with Gasteiger partial charge in [-0.25, -0.2) is 0 Å². The molecule has 2 atom stereocenters. The third-order valence-electron chi connectivity index (χ3n) is 4.15. The minimum Gasteiger partial charge on any atom is -0.462 e. The predicted octanol–water partition coefficient (Wildman–Crippen LogP) is 3.60. The minimum atomic E-state index is -0.196. The van der Waals surface area contributed by atoms with Gasteiger partial charge in [0, 0.05) is 6.54 Å². The van der Waals surface area contributed by atoms with Crippen molar-refractivity contribution in [2.45, 2.75) is 71.1 Å². The molecule has 3 heteroatoms. The molecule has 21 heavy (non-hydrogen) atoms. The summed E-state index contributed by atoms with van der Waals surface area (Å²) < 4.78 is 5.58. The van der Waals surface area contributed by atoms with Gasteiger partial charge in [-0.1, -0.05) is 50.5 Å². The minimum absolute atomic E-state index is 0.0216. The number of unbranched alkanes of at least 4 members (excludes halogenated alkanes) is 3. The molecule has 1 unspecified atom stereocenters. The zero-order valence-electron chi connectivity index (χ0n) is 13.2. The molecule has 1 aliphatic heterocycles. The molecule has 0 saturated carbocycles. The van der Waals surface area contributed by atoms with E-state index < -0.39 is 0 Å². The van der Waals surface area contributed by atoms with Crippen LogP contribution >= 0.6 is 0 Å². The first-order valence-corrected chi connectivity index (χ1v) is 8.21. The van der Waals surface area contributed by atoms with Crippen molar-refractivity contribution in [3.05, 3.63) is 35.4 Å². The van der Waals surface area contributed by atoms with Gasteiger partial charge in [0.05, 0.1) is 6.10 Å². The van der Waals surface area contributed by atoms with Crippen molar-refractivity contribution in [1.82, 2.24) is 5.32 Å². The van der Waals surface area contributed by atoms with Gasteiger partial charge in [-0.3, -0.25) is 4.79 Å². The van der Waals surface area contributed by atoms with Crippen LogP contribution in [0.4, 0.5) is 0 Å². The Kier molecular flexibility index (Phi) is 6.24. The van der Waals surface area contributed by atoms with Crippen molar-refractivity contribution in [3.8, 4) is 0 Å². The van der Waals surface area contributed by atoms with Crippen LogP contribution in [-0.2, 0) is 22.5 Å². The third kappa shape index (κ3) is 4.85. The molecule has 0 radical (unpaired) electrons. The highest BCUT2D eigenvalue weighted by Crippen LogP contribution is 2.17. The SMILES string of the molecule is CCCCCCC(C)OC(=O)[C@@H]1Cc2ccccc2CN1. The lowest BCUT2D eigenvalue weighted by molar-refractivity contribution is -0.151.